The van der Waals surface area contributed by atoms with Gasteiger partial charge in [0.25, 0.3) is 0 Å². The molecule has 8 nitrogen and oxygen atoms in total. The minimum Gasteiger partial charge on any atom is -0.504 e. The molecule has 2 aliphatic heterocycles. The third kappa shape index (κ3) is 2.74. The first-order valence-corrected chi connectivity index (χ1v) is 12.9. The first-order chi connectivity index (χ1) is 17.2. The highest BCUT2D eigenvalue weighted by Gasteiger charge is 2.70. The Kier molecular flexibility index (Phi) is 4.38. The van der Waals surface area contributed by atoms with Gasteiger partial charge >= 0.3 is 0 Å². The minimum atomic E-state index is -1.10. The molecule has 1 aromatic heterocycles. The number of ether oxygens (including phenoxy) is 1. The van der Waals surface area contributed by atoms with Crippen LogP contribution in [0, 0.1) is 18.3 Å². The van der Waals surface area contributed by atoms with E-state index in [2.05, 4.69) is 29.0 Å². The number of aromatic nitrogens is 1. The number of guanidine groups is 1. The predicted molar refractivity (Wildman–Crippen MR) is 139 cm³/mol. The van der Waals surface area contributed by atoms with Crippen LogP contribution in [0.5, 0.6) is 11.5 Å². The molecule has 2 fully saturated rings. The Morgan fingerprint density at radius 3 is 2.86 bits per heavy atom. The number of phenolic OH excluding ortho intramolecular Hbond substituents is 1. The van der Waals surface area contributed by atoms with Gasteiger partial charge < -0.3 is 31.0 Å². The van der Waals surface area contributed by atoms with E-state index in [1.54, 1.807) is 6.07 Å². The molecular weight excluding hydrogens is 454 g/mol. The number of hydrogen-bond donors (Lipinski definition) is 6. The standard InChI is InChI=1S/C28H33N5O3/c1-14-3-8-21(34)24-22(14)27-9-10-33(13-16-4-5-16)15(2)28(27,35)12-19-18-11-17(31-26(29)30)6-7-20(18)32-23(19)25(27)36-24/h3,6-8,11,15-16,25,32,34-35H,4-5,9-10,12-13H2,1-2H3,(H4,29,30,31)/t15?,25-,27-,28+/m0/s1. The molecule has 1 spiro atoms. The SMILES string of the molecule is Cc1ccc(O)c2c1[C@]13CCN(CC4CC4)C(C)[C@]1(O)Cc1c([nH]c4ccc(NC(=N)N)cc14)[C@@H]3O2. The van der Waals surface area contributed by atoms with E-state index < -0.39 is 17.1 Å². The Hall–Kier alpha value is -3.23. The number of fused-ring (bicyclic) bond motifs is 5. The molecule has 3 heterocycles. The number of piperidine rings is 1. The van der Waals surface area contributed by atoms with E-state index in [4.69, 9.17) is 15.9 Å². The summed E-state index contributed by atoms with van der Waals surface area (Å²) in [5.74, 6) is 1.24. The second kappa shape index (κ2) is 7.17. The Morgan fingerprint density at radius 1 is 1.31 bits per heavy atom. The van der Waals surface area contributed by atoms with Crippen LogP contribution in [0.15, 0.2) is 30.3 Å². The molecule has 4 aliphatic rings. The van der Waals surface area contributed by atoms with Crippen molar-refractivity contribution in [1.82, 2.24) is 9.88 Å². The van der Waals surface area contributed by atoms with E-state index in [-0.39, 0.29) is 17.8 Å². The van der Waals surface area contributed by atoms with E-state index in [1.165, 1.54) is 12.8 Å². The molecule has 2 aromatic carbocycles. The van der Waals surface area contributed by atoms with Crippen molar-refractivity contribution in [2.75, 3.05) is 18.4 Å². The fourth-order valence-corrected chi connectivity index (χ4v) is 7.48. The number of hydrogen-bond acceptors (Lipinski definition) is 5. The maximum Gasteiger partial charge on any atom is 0.190 e. The molecular formula is C28H33N5O3. The largest absolute Gasteiger partial charge is 0.504 e. The van der Waals surface area contributed by atoms with E-state index in [0.717, 1.165) is 64.4 Å². The molecule has 188 valence electrons. The number of nitrogens with two attached hydrogens (primary N) is 1. The molecule has 1 saturated heterocycles. The number of likely N-dealkylation sites (tertiary alicyclic amines) is 1. The molecule has 0 bridgehead atoms. The van der Waals surface area contributed by atoms with Crippen LogP contribution >= 0.6 is 0 Å². The lowest BCUT2D eigenvalue weighted by Gasteiger charge is -2.59. The molecule has 1 saturated carbocycles. The molecule has 8 heteroatoms. The normalized spacial score (nSPS) is 30.8. The van der Waals surface area contributed by atoms with Gasteiger partial charge in [-0.3, -0.25) is 10.3 Å². The van der Waals surface area contributed by atoms with Crippen LogP contribution in [0.2, 0.25) is 0 Å². The van der Waals surface area contributed by atoms with E-state index in [1.807, 2.05) is 24.3 Å². The van der Waals surface area contributed by atoms with E-state index in [0.29, 0.717) is 12.2 Å². The van der Waals surface area contributed by atoms with Crippen LogP contribution in [0.25, 0.3) is 10.9 Å². The smallest absolute Gasteiger partial charge is 0.190 e. The van der Waals surface area contributed by atoms with Crippen LogP contribution in [0.4, 0.5) is 5.69 Å². The predicted octanol–water partition coefficient (Wildman–Crippen LogP) is 3.65. The number of aromatic amines is 1. The Labute approximate surface area is 210 Å². The molecule has 0 radical (unpaired) electrons. The summed E-state index contributed by atoms with van der Waals surface area (Å²) in [5.41, 5.74) is 9.51. The van der Waals surface area contributed by atoms with Crippen molar-refractivity contribution in [1.29, 1.82) is 5.41 Å². The summed E-state index contributed by atoms with van der Waals surface area (Å²) in [7, 11) is 0. The van der Waals surface area contributed by atoms with Crippen molar-refractivity contribution in [3.05, 3.63) is 52.7 Å². The van der Waals surface area contributed by atoms with Crippen molar-refractivity contribution in [2.24, 2.45) is 11.7 Å². The molecule has 4 atom stereocenters. The maximum atomic E-state index is 12.9. The number of aromatic hydroxyl groups is 1. The van der Waals surface area contributed by atoms with Crippen LogP contribution in [-0.2, 0) is 11.8 Å². The van der Waals surface area contributed by atoms with Gasteiger partial charge in [-0.1, -0.05) is 6.07 Å². The monoisotopic (exact) mass is 487 g/mol. The number of aryl methyl sites for hydroxylation is 1. The fourth-order valence-electron chi connectivity index (χ4n) is 7.48. The number of benzene rings is 2. The summed E-state index contributed by atoms with van der Waals surface area (Å²) >= 11 is 0. The maximum absolute atomic E-state index is 12.9. The molecule has 7 N–H and O–H groups in total. The second-order valence-corrected chi connectivity index (χ2v) is 11.4. The minimum absolute atomic E-state index is 0.0812. The zero-order chi connectivity index (χ0) is 25.0. The summed E-state index contributed by atoms with van der Waals surface area (Å²) < 4.78 is 6.65. The fraction of sp³-hybridized carbons (Fsp3) is 0.464. The summed E-state index contributed by atoms with van der Waals surface area (Å²) in [5, 5.41) is 35.3. The van der Waals surface area contributed by atoms with Gasteiger partial charge in [0.2, 0.25) is 0 Å². The molecule has 7 rings (SSSR count). The average Bonchev–Trinajstić information content (AvgIpc) is 3.48. The first kappa shape index (κ1) is 22.0. The zero-order valence-corrected chi connectivity index (χ0v) is 20.7. The summed E-state index contributed by atoms with van der Waals surface area (Å²) in [6, 6.07) is 9.41. The first-order valence-electron chi connectivity index (χ1n) is 12.9. The molecule has 2 aliphatic carbocycles. The van der Waals surface area contributed by atoms with Crippen molar-refractivity contribution in [3.63, 3.8) is 0 Å². The molecule has 3 aromatic rings. The van der Waals surface area contributed by atoms with Crippen molar-refractivity contribution in [3.8, 4) is 11.5 Å². The number of nitrogens with one attached hydrogen (secondary N) is 3. The highest BCUT2D eigenvalue weighted by atomic mass is 16.5. The quantitative estimate of drug-likeness (QED) is 0.247. The number of nitrogens with zero attached hydrogens (tertiary/aromatic N) is 1. The van der Waals surface area contributed by atoms with Crippen LogP contribution in [0.1, 0.15) is 54.7 Å². The van der Waals surface area contributed by atoms with Gasteiger partial charge in [-0.05, 0) is 81.0 Å². The van der Waals surface area contributed by atoms with Gasteiger partial charge in [-0.2, -0.15) is 0 Å². The van der Waals surface area contributed by atoms with Gasteiger partial charge in [0.1, 0.15) is 0 Å². The topological polar surface area (TPSA) is 131 Å². The molecule has 36 heavy (non-hydrogen) atoms. The van der Waals surface area contributed by atoms with Crippen LogP contribution in [-0.4, -0.2) is 50.8 Å². The van der Waals surface area contributed by atoms with Crippen LogP contribution in [0.3, 0.4) is 0 Å². The van der Waals surface area contributed by atoms with Gasteiger partial charge in [0, 0.05) is 41.2 Å². The lowest BCUT2D eigenvalue weighted by Crippen LogP contribution is -2.71. The number of phenols is 1. The number of H-pyrrole nitrogens is 1. The number of anilines is 1. The summed E-state index contributed by atoms with van der Waals surface area (Å²) in [6.07, 6.45) is 3.34. The third-order valence-corrected chi connectivity index (χ3v) is 9.40. The molecule has 0 amide bonds. The van der Waals surface area contributed by atoms with E-state index in [9.17, 15) is 10.2 Å². The highest BCUT2D eigenvalue weighted by Crippen LogP contribution is 2.66. The highest BCUT2D eigenvalue weighted by molar-refractivity contribution is 5.95. The van der Waals surface area contributed by atoms with E-state index >= 15 is 0 Å². The average molecular weight is 488 g/mol. The van der Waals surface area contributed by atoms with Crippen LogP contribution < -0.4 is 15.8 Å². The lowest BCUT2D eigenvalue weighted by atomic mass is 9.52. The third-order valence-electron chi connectivity index (χ3n) is 9.40. The Morgan fingerprint density at radius 2 is 2.11 bits per heavy atom. The second-order valence-electron chi connectivity index (χ2n) is 11.4. The lowest BCUT2D eigenvalue weighted by molar-refractivity contribution is -0.162. The zero-order valence-electron chi connectivity index (χ0n) is 20.7. The van der Waals surface area contributed by atoms with Gasteiger partial charge in [-0.25, -0.2) is 0 Å². The molecule has 1 unspecified atom stereocenters. The van der Waals surface area contributed by atoms with Crippen molar-refractivity contribution >= 4 is 22.5 Å². The van der Waals surface area contributed by atoms with Gasteiger partial charge in [0.15, 0.2) is 23.6 Å². The summed E-state index contributed by atoms with van der Waals surface area (Å²) in [4.78, 5) is 6.08. The Balaban J connectivity index is 1.46. The summed E-state index contributed by atoms with van der Waals surface area (Å²) in [6.45, 7) is 6.13. The number of aliphatic hydroxyl groups is 1. The van der Waals surface area contributed by atoms with Gasteiger partial charge in [-0.15, -0.1) is 0 Å². The van der Waals surface area contributed by atoms with Gasteiger partial charge in [0.05, 0.1) is 16.7 Å². The Bertz CT molecular complexity index is 1430. The van der Waals surface area contributed by atoms with Crippen molar-refractivity contribution in [2.45, 2.75) is 62.7 Å². The van der Waals surface area contributed by atoms with Crippen molar-refractivity contribution < 1.29 is 14.9 Å². The number of rotatable bonds is 3.